The number of carbonyl (C=O) groups excluding carboxylic acids is 2. The average molecular weight is 370 g/mol. The first-order chi connectivity index (χ1) is 12.5. The largest absolute Gasteiger partial charge is 0.344 e. The number of hydrogen-bond donors (Lipinski definition) is 3. The van der Waals surface area contributed by atoms with Crippen LogP contribution in [0.15, 0.2) is 41.8 Å². The van der Waals surface area contributed by atoms with E-state index in [1.807, 2.05) is 55.6 Å². The topological polar surface area (TPSA) is 86.9 Å². The second-order valence-corrected chi connectivity index (χ2v) is 7.63. The van der Waals surface area contributed by atoms with Gasteiger partial charge in [0.05, 0.1) is 17.5 Å². The lowest BCUT2D eigenvalue weighted by Crippen LogP contribution is -2.45. The van der Waals surface area contributed by atoms with Crippen molar-refractivity contribution in [1.82, 2.24) is 15.3 Å². The van der Waals surface area contributed by atoms with Crippen LogP contribution in [0.5, 0.6) is 0 Å². The molecule has 0 bridgehead atoms. The number of carbonyl (C=O) groups is 2. The van der Waals surface area contributed by atoms with Crippen LogP contribution in [0.25, 0.3) is 11.0 Å². The van der Waals surface area contributed by atoms with Gasteiger partial charge >= 0.3 is 0 Å². The molecule has 3 aromatic rings. The van der Waals surface area contributed by atoms with Crippen molar-refractivity contribution < 1.29 is 9.59 Å². The maximum Gasteiger partial charge on any atom is 0.249 e. The third kappa shape index (κ3) is 4.70. The van der Waals surface area contributed by atoms with Gasteiger partial charge < -0.3 is 10.3 Å². The zero-order valence-corrected chi connectivity index (χ0v) is 15.6. The van der Waals surface area contributed by atoms with Gasteiger partial charge in [0.25, 0.3) is 0 Å². The molecule has 1 atom stereocenters. The van der Waals surface area contributed by atoms with Gasteiger partial charge in [-0.25, -0.2) is 4.98 Å². The molecule has 3 rings (SSSR count). The Morgan fingerprint density at radius 3 is 2.69 bits per heavy atom. The third-order valence-corrected chi connectivity index (χ3v) is 4.78. The summed E-state index contributed by atoms with van der Waals surface area (Å²) < 4.78 is 0. The fourth-order valence-corrected chi connectivity index (χ4v) is 3.44. The van der Waals surface area contributed by atoms with Crippen molar-refractivity contribution in [2.75, 3.05) is 5.32 Å². The minimum atomic E-state index is -0.601. The Morgan fingerprint density at radius 1 is 1.19 bits per heavy atom. The van der Waals surface area contributed by atoms with Gasteiger partial charge in [0.15, 0.2) is 0 Å². The number of hydrogen-bond acceptors (Lipinski definition) is 4. The van der Waals surface area contributed by atoms with Crippen molar-refractivity contribution in [2.45, 2.75) is 32.7 Å². The number of amides is 2. The van der Waals surface area contributed by atoms with Crippen molar-refractivity contribution in [2.24, 2.45) is 5.92 Å². The molecule has 0 aliphatic heterocycles. The van der Waals surface area contributed by atoms with Crippen molar-refractivity contribution in [3.05, 3.63) is 46.7 Å². The zero-order valence-electron chi connectivity index (χ0n) is 14.8. The molecule has 6 nitrogen and oxygen atoms in total. The standard InChI is InChI=1S/C19H22N4O2S/c1-12(2)10-16(20-17(24)11-13-6-5-9-26-13)18(25)23-19-21-14-7-3-4-8-15(14)22-19/h3-9,12,16H,10-11H2,1-2H3,(H,20,24)(H2,21,22,23,25)/t16-/m0/s1. The normalized spacial score (nSPS) is 12.3. The number of H-pyrrole nitrogens is 1. The summed E-state index contributed by atoms with van der Waals surface area (Å²) in [6.07, 6.45) is 0.840. The fourth-order valence-electron chi connectivity index (χ4n) is 2.74. The Morgan fingerprint density at radius 2 is 2.00 bits per heavy atom. The number of aromatic amines is 1. The first-order valence-electron chi connectivity index (χ1n) is 8.58. The number of nitrogens with one attached hydrogen (secondary N) is 3. The van der Waals surface area contributed by atoms with E-state index in [0.717, 1.165) is 15.9 Å². The Hall–Kier alpha value is -2.67. The molecule has 3 N–H and O–H groups in total. The van der Waals surface area contributed by atoms with Crippen molar-refractivity contribution in [1.29, 1.82) is 0 Å². The van der Waals surface area contributed by atoms with E-state index in [1.165, 1.54) is 11.3 Å². The van der Waals surface area contributed by atoms with Crippen LogP contribution in [0.3, 0.4) is 0 Å². The summed E-state index contributed by atoms with van der Waals surface area (Å²) in [6, 6.07) is 10.8. The smallest absolute Gasteiger partial charge is 0.249 e. The number of para-hydroxylation sites is 2. The molecule has 136 valence electrons. The van der Waals surface area contributed by atoms with Gasteiger partial charge in [-0.05, 0) is 35.9 Å². The highest BCUT2D eigenvalue weighted by Gasteiger charge is 2.23. The van der Waals surface area contributed by atoms with E-state index < -0.39 is 6.04 Å². The predicted molar refractivity (Wildman–Crippen MR) is 104 cm³/mol. The lowest BCUT2D eigenvalue weighted by Gasteiger charge is -2.19. The van der Waals surface area contributed by atoms with Gasteiger partial charge in [0.2, 0.25) is 17.8 Å². The molecule has 0 spiro atoms. The van der Waals surface area contributed by atoms with Crippen LogP contribution in [-0.2, 0) is 16.0 Å². The number of benzene rings is 1. The zero-order chi connectivity index (χ0) is 18.5. The highest BCUT2D eigenvalue weighted by atomic mass is 32.1. The van der Waals surface area contributed by atoms with Crippen molar-refractivity contribution in [3.63, 3.8) is 0 Å². The molecule has 0 saturated carbocycles. The van der Waals surface area contributed by atoms with Crippen LogP contribution in [0.1, 0.15) is 25.1 Å². The molecule has 2 aromatic heterocycles. The summed E-state index contributed by atoms with van der Waals surface area (Å²) in [5.41, 5.74) is 1.63. The highest BCUT2D eigenvalue weighted by Crippen LogP contribution is 2.15. The van der Waals surface area contributed by atoms with Crippen LogP contribution in [0.2, 0.25) is 0 Å². The molecular formula is C19H22N4O2S. The number of imidazole rings is 1. The van der Waals surface area contributed by atoms with Gasteiger partial charge in [-0.1, -0.05) is 32.0 Å². The third-order valence-electron chi connectivity index (χ3n) is 3.90. The predicted octanol–water partition coefficient (Wildman–Crippen LogP) is 3.34. The summed E-state index contributed by atoms with van der Waals surface area (Å²) in [5, 5.41) is 7.57. The minimum Gasteiger partial charge on any atom is -0.344 e. The van der Waals surface area contributed by atoms with Gasteiger partial charge in [-0.2, -0.15) is 0 Å². The number of rotatable bonds is 7. The molecular weight excluding hydrogens is 348 g/mol. The summed E-state index contributed by atoms with van der Waals surface area (Å²) >= 11 is 1.53. The van der Waals surface area contributed by atoms with Crippen LogP contribution in [0.4, 0.5) is 5.95 Å². The van der Waals surface area contributed by atoms with Crippen LogP contribution in [0, 0.1) is 5.92 Å². The van der Waals surface area contributed by atoms with Crippen LogP contribution < -0.4 is 10.6 Å². The second kappa shape index (κ2) is 8.14. The fraction of sp³-hybridized carbons (Fsp3) is 0.316. The van der Waals surface area contributed by atoms with E-state index in [2.05, 4.69) is 20.6 Å². The summed E-state index contributed by atoms with van der Waals surface area (Å²) in [4.78, 5) is 33.4. The van der Waals surface area contributed by atoms with E-state index in [0.29, 0.717) is 12.4 Å². The van der Waals surface area contributed by atoms with Gasteiger partial charge in [-0.3, -0.25) is 14.9 Å². The minimum absolute atomic E-state index is 0.155. The molecule has 0 saturated heterocycles. The second-order valence-electron chi connectivity index (χ2n) is 6.60. The SMILES string of the molecule is CC(C)C[C@H](NC(=O)Cc1cccs1)C(=O)Nc1nc2ccccc2[nH]1. The Balaban J connectivity index is 1.67. The average Bonchev–Trinajstić information content (AvgIpc) is 3.22. The van der Waals surface area contributed by atoms with Crippen LogP contribution in [-0.4, -0.2) is 27.8 Å². The molecule has 7 heteroatoms. The molecule has 0 unspecified atom stereocenters. The summed E-state index contributed by atoms with van der Waals surface area (Å²) in [6.45, 7) is 4.04. The molecule has 26 heavy (non-hydrogen) atoms. The molecule has 0 aliphatic rings. The Labute approximate surface area is 156 Å². The van der Waals surface area contributed by atoms with Crippen LogP contribution >= 0.6 is 11.3 Å². The first-order valence-corrected chi connectivity index (χ1v) is 9.46. The lowest BCUT2D eigenvalue weighted by molar-refractivity contribution is -0.126. The summed E-state index contributed by atoms with van der Waals surface area (Å²) in [5.74, 6) is 0.232. The van der Waals surface area contributed by atoms with Crippen molar-refractivity contribution >= 4 is 40.1 Å². The van der Waals surface area contributed by atoms with E-state index in [-0.39, 0.29) is 24.2 Å². The van der Waals surface area contributed by atoms with Crippen molar-refractivity contribution in [3.8, 4) is 0 Å². The molecule has 2 amide bonds. The van der Waals surface area contributed by atoms with E-state index in [9.17, 15) is 9.59 Å². The van der Waals surface area contributed by atoms with Gasteiger partial charge in [0, 0.05) is 4.88 Å². The van der Waals surface area contributed by atoms with E-state index in [4.69, 9.17) is 0 Å². The number of fused-ring (bicyclic) bond motifs is 1. The summed E-state index contributed by atoms with van der Waals surface area (Å²) in [7, 11) is 0. The number of anilines is 1. The van der Waals surface area contributed by atoms with E-state index >= 15 is 0 Å². The quantitative estimate of drug-likeness (QED) is 0.596. The highest BCUT2D eigenvalue weighted by molar-refractivity contribution is 7.10. The molecule has 0 fully saturated rings. The lowest BCUT2D eigenvalue weighted by atomic mass is 10.0. The Kier molecular flexibility index (Phi) is 5.68. The number of thiophene rings is 1. The molecule has 2 heterocycles. The van der Waals surface area contributed by atoms with Gasteiger partial charge in [0.1, 0.15) is 6.04 Å². The first kappa shape index (κ1) is 18.1. The molecule has 0 radical (unpaired) electrons. The monoisotopic (exact) mass is 370 g/mol. The van der Waals surface area contributed by atoms with E-state index in [1.54, 1.807) is 0 Å². The molecule has 0 aliphatic carbocycles. The maximum atomic E-state index is 12.7. The number of aromatic nitrogens is 2. The Bertz CT molecular complexity index is 853. The maximum absolute atomic E-state index is 12.7. The number of nitrogens with zero attached hydrogens (tertiary/aromatic N) is 1. The van der Waals surface area contributed by atoms with Gasteiger partial charge in [-0.15, -0.1) is 11.3 Å². The molecule has 1 aromatic carbocycles.